The second-order valence-electron chi connectivity index (χ2n) is 4.02. The molecule has 17 heavy (non-hydrogen) atoms. The highest BCUT2D eigenvalue weighted by Gasteiger charge is 2.09. The van der Waals surface area contributed by atoms with Gasteiger partial charge in [0, 0.05) is 6.20 Å². The van der Waals surface area contributed by atoms with Crippen LogP contribution in [0.4, 0.5) is 5.69 Å². The minimum Gasteiger partial charge on any atom is -0.473 e. The second kappa shape index (κ2) is 5.05. The SMILES string of the molecule is CC(C)OCCOc1nn2ccccc2c1N. The molecule has 0 aliphatic carbocycles. The largest absolute Gasteiger partial charge is 0.473 e. The molecular weight excluding hydrogens is 218 g/mol. The lowest BCUT2D eigenvalue weighted by Crippen LogP contribution is -2.11. The predicted octanol–water partition coefficient (Wildman–Crippen LogP) is 1.72. The average molecular weight is 235 g/mol. The Balaban J connectivity index is 2.01. The summed E-state index contributed by atoms with van der Waals surface area (Å²) in [6, 6.07) is 5.71. The highest BCUT2D eigenvalue weighted by atomic mass is 16.5. The van der Waals surface area contributed by atoms with E-state index in [1.54, 1.807) is 4.52 Å². The van der Waals surface area contributed by atoms with Gasteiger partial charge in [0.25, 0.3) is 5.88 Å². The lowest BCUT2D eigenvalue weighted by Gasteiger charge is -2.07. The van der Waals surface area contributed by atoms with Crippen molar-refractivity contribution in [1.29, 1.82) is 0 Å². The molecule has 0 saturated carbocycles. The van der Waals surface area contributed by atoms with Gasteiger partial charge in [0.05, 0.1) is 18.2 Å². The van der Waals surface area contributed by atoms with Gasteiger partial charge in [-0.3, -0.25) is 0 Å². The van der Waals surface area contributed by atoms with Crippen molar-refractivity contribution in [2.45, 2.75) is 20.0 Å². The lowest BCUT2D eigenvalue weighted by molar-refractivity contribution is 0.0543. The molecule has 0 atom stereocenters. The summed E-state index contributed by atoms with van der Waals surface area (Å²) in [7, 11) is 0. The molecule has 0 fully saturated rings. The smallest absolute Gasteiger partial charge is 0.257 e. The van der Waals surface area contributed by atoms with Crippen LogP contribution in [0.5, 0.6) is 5.88 Å². The van der Waals surface area contributed by atoms with Crippen molar-refractivity contribution < 1.29 is 9.47 Å². The minimum absolute atomic E-state index is 0.206. The first-order valence-electron chi connectivity index (χ1n) is 5.65. The van der Waals surface area contributed by atoms with E-state index in [4.69, 9.17) is 15.2 Å². The summed E-state index contributed by atoms with van der Waals surface area (Å²) in [4.78, 5) is 0. The van der Waals surface area contributed by atoms with Gasteiger partial charge in [-0.1, -0.05) is 6.07 Å². The van der Waals surface area contributed by atoms with Gasteiger partial charge in [0.1, 0.15) is 12.3 Å². The summed E-state index contributed by atoms with van der Waals surface area (Å²) in [5.41, 5.74) is 7.35. The van der Waals surface area contributed by atoms with Gasteiger partial charge < -0.3 is 15.2 Å². The van der Waals surface area contributed by atoms with E-state index in [0.29, 0.717) is 24.8 Å². The third-order valence-electron chi connectivity index (χ3n) is 2.32. The third-order valence-corrected chi connectivity index (χ3v) is 2.32. The van der Waals surface area contributed by atoms with E-state index in [1.165, 1.54) is 0 Å². The predicted molar refractivity (Wildman–Crippen MR) is 66.2 cm³/mol. The molecule has 0 unspecified atom stereocenters. The van der Waals surface area contributed by atoms with E-state index in [-0.39, 0.29) is 6.10 Å². The maximum atomic E-state index is 5.93. The molecule has 5 nitrogen and oxygen atoms in total. The van der Waals surface area contributed by atoms with Crippen molar-refractivity contribution in [1.82, 2.24) is 9.61 Å². The standard InChI is InChI=1S/C12H17N3O2/c1-9(2)16-7-8-17-12-11(13)10-5-3-4-6-15(10)14-12/h3-6,9H,7-8,13H2,1-2H3. The molecule has 0 saturated heterocycles. The zero-order valence-corrected chi connectivity index (χ0v) is 10.1. The number of nitrogens with two attached hydrogens (primary N) is 1. The minimum atomic E-state index is 0.206. The number of anilines is 1. The number of hydrogen-bond donors (Lipinski definition) is 1. The number of rotatable bonds is 5. The van der Waals surface area contributed by atoms with Crippen LogP contribution in [0, 0.1) is 0 Å². The molecule has 2 N–H and O–H groups in total. The molecule has 2 aromatic rings. The molecule has 0 amide bonds. The third kappa shape index (κ3) is 2.68. The second-order valence-corrected chi connectivity index (χ2v) is 4.02. The lowest BCUT2D eigenvalue weighted by atomic mass is 10.4. The van der Waals surface area contributed by atoms with E-state index in [2.05, 4.69) is 5.10 Å². The molecule has 5 heteroatoms. The van der Waals surface area contributed by atoms with E-state index in [9.17, 15) is 0 Å². The maximum Gasteiger partial charge on any atom is 0.257 e. The van der Waals surface area contributed by atoms with Crippen LogP contribution < -0.4 is 10.5 Å². The summed E-state index contributed by atoms with van der Waals surface area (Å²) in [6.07, 6.45) is 2.04. The number of nitrogens with zero attached hydrogens (tertiary/aromatic N) is 2. The molecule has 2 heterocycles. The molecule has 0 radical (unpaired) electrons. The molecule has 2 rings (SSSR count). The topological polar surface area (TPSA) is 61.8 Å². The molecule has 0 aromatic carbocycles. The fourth-order valence-electron chi connectivity index (χ4n) is 1.53. The molecule has 2 aromatic heterocycles. The van der Waals surface area contributed by atoms with E-state index in [1.807, 2.05) is 38.2 Å². The Hall–Kier alpha value is -1.75. The average Bonchev–Trinajstić information content (AvgIpc) is 2.63. The number of fused-ring (bicyclic) bond motifs is 1. The number of ether oxygens (including phenoxy) is 2. The Morgan fingerprint density at radius 3 is 2.88 bits per heavy atom. The number of nitrogen functional groups attached to an aromatic ring is 1. The Labute approximate surface area is 100 Å². The monoisotopic (exact) mass is 235 g/mol. The zero-order valence-electron chi connectivity index (χ0n) is 10.1. The van der Waals surface area contributed by atoms with Gasteiger partial charge >= 0.3 is 0 Å². The highest BCUT2D eigenvalue weighted by Crippen LogP contribution is 2.24. The molecule has 0 aliphatic rings. The highest BCUT2D eigenvalue weighted by molar-refractivity contribution is 5.74. The van der Waals surface area contributed by atoms with Crippen molar-refractivity contribution in [3.63, 3.8) is 0 Å². The van der Waals surface area contributed by atoms with Gasteiger partial charge in [-0.15, -0.1) is 5.10 Å². The summed E-state index contributed by atoms with van der Waals surface area (Å²) in [5, 5.41) is 4.24. The van der Waals surface area contributed by atoms with E-state index >= 15 is 0 Å². The summed E-state index contributed by atoms with van der Waals surface area (Å²) in [6.45, 7) is 4.95. The Bertz CT molecular complexity index is 493. The Morgan fingerprint density at radius 1 is 1.35 bits per heavy atom. The Morgan fingerprint density at radius 2 is 2.18 bits per heavy atom. The molecule has 0 bridgehead atoms. The van der Waals surface area contributed by atoms with Gasteiger partial charge in [0.15, 0.2) is 0 Å². The first kappa shape index (κ1) is 11.7. The normalized spacial score (nSPS) is 11.2. The molecular formula is C12H17N3O2. The Kier molecular flexibility index (Phi) is 3.49. The van der Waals surface area contributed by atoms with Crippen LogP contribution in [-0.4, -0.2) is 28.9 Å². The van der Waals surface area contributed by atoms with Crippen LogP contribution >= 0.6 is 0 Å². The van der Waals surface area contributed by atoms with Crippen LogP contribution in [-0.2, 0) is 4.74 Å². The van der Waals surface area contributed by atoms with Crippen LogP contribution in [0.1, 0.15) is 13.8 Å². The van der Waals surface area contributed by atoms with Crippen molar-refractivity contribution in [3.8, 4) is 5.88 Å². The van der Waals surface area contributed by atoms with Gasteiger partial charge in [-0.2, -0.15) is 0 Å². The van der Waals surface area contributed by atoms with Crippen molar-refractivity contribution in [3.05, 3.63) is 24.4 Å². The summed E-state index contributed by atoms with van der Waals surface area (Å²) < 4.78 is 12.6. The molecule has 0 aliphatic heterocycles. The van der Waals surface area contributed by atoms with Gasteiger partial charge in [-0.05, 0) is 26.0 Å². The van der Waals surface area contributed by atoms with Crippen LogP contribution in [0.15, 0.2) is 24.4 Å². The first-order valence-corrected chi connectivity index (χ1v) is 5.65. The van der Waals surface area contributed by atoms with Crippen LogP contribution in [0.25, 0.3) is 5.52 Å². The quantitative estimate of drug-likeness (QED) is 0.801. The summed E-state index contributed by atoms with van der Waals surface area (Å²) in [5.74, 6) is 0.462. The van der Waals surface area contributed by atoms with Crippen molar-refractivity contribution in [2.24, 2.45) is 0 Å². The molecule has 0 spiro atoms. The van der Waals surface area contributed by atoms with Gasteiger partial charge in [0.2, 0.25) is 0 Å². The molecule has 92 valence electrons. The number of pyridine rings is 1. The fourth-order valence-corrected chi connectivity index (χ4v) is 1.53. The van der Waals surface area contributed by atoms with Gasteiger partial charge in [-0.25, -0.2) is 4.52 Å². The van der Waals surface area contributed by atoms with E-state index < -0.39 is 0 Å². The first-order chi connectivity index (χ1) is 8.18. The van der Waals surface area contributed by atoms with Crippen LogP contribution in [0.2, 0.25) is 0 Å². The van der Waals surface area contributed by atoms with Crippen LogP contribution in [0.3, 0.4) is 0 Å². The fraction of sp³-hybridized carbons (Fsp3) is 0.417. The maximum absolute atomic E-state index is 5.93. The summed E-state index contributed by atoms with van der Waals surface area (Å²) >= 11 is 0. The van der Waals surface area contributed by atoms with E-state index in [0.717, 1.165) is 5.52 Å². The number of aromatic nitrogens is 2. The number of hydrogen-bond acceptors (Lipinski definition) is 4. The van der Waals surface area contributed by atoms with Crippen molar-refractivity contribution >= 4 is 11.2 Å². The zero-order chi connectivity index (χ0) is 12.3. The van der Waals surface area contributed by atoms with Crippen molar-refractivity contribution in [2.75, 3.05) is 18.9 Å².